The molecule has 1 atom stereocenters. The number of carboxylic acid groups (broad SMARTS) is 1. The van der Waals surface area contributed by atoms with Gasteiger partial charge in [-0.05, 0) is 24.1 Å². The summed E-state index contributed by atoms with van der Waals surface area (Å²) in [5.41, 5.74) is -0.441. The molecule has 1 aromatic carbocycles. The molecule has 0 bridgehead atoms. The number of likely N-dealkylation sites (tertiary alicyclic amines) is 1. The largest absolute Gasteiger partial charge is 0.481 e. The van der Waals surface area contributed by atoms with E-state index in [1.54, 1.807) is 0 Å². The lowest BCUT2D eigenvalue weighted by Gasteiger charge is -2.30. The zero-order valence-electron chi connectivity index (χ0n) is 11.1. The van der Waals surface area contributed by atoms with Gasteiger partial charge < -0.3 is 10.0 Å². The van der Waals surface area contributed by atoms with E-state index in [0.29, 0.717) is 5.56 Å². The fourth-order valence-corrected chi connectivity index (χ4v) is 2.34. The van der Waals surface area contributed by atoms with Gasteiger partial charge in [0.15, 0.2) is 0 Å². The Morgan fingerprint density at radius 1 is 1.38 bits per heavy atom. The monoisotopic (exact) mass is 301 g/mol. The van der Waals surface area contributed by atoms with Crippen molar-refractivity contribution in [3.8, 4) is 0 Å². The Morgan fingerprint density at radius 3 is 2.71 bits per heavy atom. The standard InChI is InChI=1S/C14H14F3NO3/c15-14(16,17)11-3-1-2-9(6-11)7-18-8-10(13(20)21)4-5-12(18)19/h1-3,6,10H,4-5,7-8H2,(H,20,21)/t10-/m0/s1. The quantitative estimate of drug-likeness (QED) is 0.933. The Morgan fingerprint density at radius 2 is 2.10 bits per heavy atom. The van der Waals surface area contributed by atoms with Crippen LogP contribution in [0.1, 0.15) is 24.0 Å². The van der Waals surface area contributed by atoms with Gasteiger partial charge in [0, 0.05) is 19.5 Å². The third kappa shape index (κ3) is 3.74. The predicted molar refractivity (Wildman–Crippen MR) is 67.2 cm³/mol. The first kappa shape index (κ1) is 15.3. The van der Waals surface area contributed by atoms with E-state index in [2.05, 4.69) is 0 Å². The fourth-order valence-electron chi connectivity index (χ4n) is 2.34. The van der Waals surface area contributed by atoms with Gasteiger partial charge in [0.1, 0.15) is 0 Å². The summed E-state index contributed by atoms with van der Waals surface area (Å²) in [5.74, 6) is -1.88. The highest BCUT2D eigenvalue weighted by molar-refractivity contribution is 5.80. The summed E-state index contributed by atoms with van der Waals surface area (Å²) in [6.45, 7) is 0.0247. The Labute approximate surface area is 119 Å². The van der Waals surface area contributed by atoms with Gasteiger partial charge in [0.25, 0.3) is 0 Å². The van der Waals surface area contributed by atoms with Crippen LogP contribution in [-0.2, 0) is 22.3 Å². The van der Waals surface area contributed by atoms with E-state index in [1.807, 2.05) is 0 Å². The van der Waals surface area contributed by atoms with Crippen LogP contribution < -0.4 is 0 Å². The summed E-state index contributed by atoms with van der Waals surface area (Å²) in [5, 5.41) is 8.97. The molecule has 1 aliphatic heterocycles. The molecule has 0 aromatic heterocycles. The smallest absolute Gasteiger partial charge is 0.416 e. The highest BCUT2D eigenvalue weighted by Crippen LogP contribution is 2.30. The van der Waals surface area contributed by atoms with Crippen molar-refractivity contribution in [1.29, 1.82) is 0 Å². The molecule has 0 spiro atoms. The minimum atomic E-state index is -4.44. The van der Waals surface area contributed by atoms with Crippen LogP contribution in [0.3, 0.4) is 0 Å². The first-order chi connectivity index (χ1) is 9.77. The summed E-state index contributed by atoms with van der Waals surface area (Å²) in [6.07, 6.45) is -4.06. The molecule has 7 heteroatoms. The van der Waals surface area contributed by atoms with Crippen molar-refractivity contribution < 1.29 is 27.9 Å². The van der Waals surface area contributed by atoms with Crippen molar-refractivity contribution in [3.05, 3.63) is 35.4 Å². The molecule has 4 nitrogen and oxygen atoms in total. The van der Waals surface area contributed by atoms with Crippen LogP contribution in [0.4, 0.5) is 13.2 Å². The van der Waals surface area contributed by atoms with Crippen LogP contribution in [-0.4, -0.2) is 28.4 Å². The second-order valence-electron chi connectivity index (χ2n) is 5.05. The third-order valence-corrected chi connectivity index (χ3v) is 3.48. The second-order valence-corrected chi connectivity index (χ2v) is 5.05. The fraction of sp³-hybridized carbons (Fsp3) is 0.429. The van der Waals surface area contributed by atoms with Gasteiger partial charge in [-0.15, -0.1) is 0 Å². The number of carboxylic acids is 1. The number of hydrogen-bond acceptors (Lipinski definition) is 2. The molecule has 1 aliphatic rings. The topological polar surface area (TPSA) is 57.6 Å². The van der Waals surface area contributed by atoms with Crippen molar-refractivity contribution in [2.75, 3.05) is 6.54 Å². The van der Waals surface area contributed by atoms with Crippen LogP contribution >= 0.6 is 0 Å². The van der Waals surface area contributed by atoms with Gasteiger partial charge in [-0.2, -0.15) is 13.2 Å². The number of amides is 1. The molecule has 21 heavy (non-hydrogen) atoms. The molecule has 1 heterocycles. The summed E-state index contributed by atoms with van der Waals surface area (Å²) < 4.78 is 37.9. The molecule has 0 aliphatic carbocycles. The first-order valence-corrected chi connectivity index (χ1v) is 6.44. The number of alkyl halides is 3. The molecule has 2 rings (SSSR count). The summed E-state index contributed by atoms with van der Waals surface area (Å²) in [7, 11) is 0. The van der Waals surface area contributed by atoms with Gasteiger partial charge in [-0.1, -0.05) is 12.1 Å². The number of carbonyl (C=O) groups excluding carboxylic acids is 1. The molecule has 1 aromatic rings. The molecule has 0 radical (unpaired) electrons. The van der Waals surface area contributed by atoms with E-state index in [4.69, 9.17) is 5.11 Å². The number of aliphatic carboxylic acids is 1. The zero-order chi connectivity index (χ0) is 15.6. The number of nitrogens with zero attached hydrogens (tertiary/aromatic N) is 1. The maximum Gasteiger partial charge on any atom is 0.416 e. The normalized spacial score (nSPS) is 19.7. The highest BCUT2D eigenvalue weighted by Gasteiger charge is 2.32. The maximum atomic E-state index is 12.6. The number of hydrogen-bond donors (Lipinski definition) is 1. The number of rotatable bonds is 3. The number of halogens is 3. The SMILES string of the molecule is O=C(O)[C@H]1CCC(=O)N(Cc2cccc(C(F)(F)F)c2)C1. The predicted octanol–water partition coefficient (Wildman–Crippen LogP) is 2.53. The van der Waals surface area contributed by atoms with Crippen LogP contribution in [0.2, 0.25) is 0 Å². The number of benzene rings is 1. The van der Waals surface area contributed by atoms with Gasteiger partial charge in [0.05, 0.1) is 11.5 Å². The number of carbonyl (C=O) groups is 2. The van der Waals surface area contributed by atoms with E-state index >= 15 is 0 Å². The summed E-state index contributed by atoms with van der Waals surface area (Å²) in [6, 6.07) is 4.72. The molecule has 1 saturated heterocycles. The van der Waals surface area contributed by atoms with Gasteiger partial charge in [-0.25, -0.2) is 0 Å². The second kappa shape index (κ2) is 5.75. The van der Waals surface area contributed by atoms with Crippen molar-refractivity contribution in [3.63, 3.8) is 0 Å². The Hall–Kier alpha value is -2.05. The molecule has 1 fully saturated rings. The van der Waals surface area contributed by atoms with E-state index < -0.39 is 23.6 Å². The molecular formula is C14H14F3NO3. The Bertz CT molecular complexity index is 557. The van der Waals surface area contributed by atoms with Crippen molar-refractivity contribution in [2.24, 2.45) is 5.92 Å². The van der Waals surface area contributed by atoms with Crippen molar-refractivity contribution in [1.82, 2.24) is 4.90 Å². The first-order valence-electron chi connectivity index (χ1n) is 6.44. The van der Waals surface area contributed by atoms with E-state index in [9.17, 15) is 22.8 Å². The van der Waals surface area contributed by atoms with Crippen LogP contribution in [0.5, 0.6) is 0 Å². The average Bonchev–Trinajstić information content (AvgIpc) is 2.40. The van der Waals surface area contributed by atoms with E-state index in [-0.39, 0.29) is 31.8 Å². The van der Waals surface area contributed by atoms with E-state index in [1.165, 1.54) is 17.0 Å². The molecule has 1 N–H and O–H groups in total. The minimum absolute atomic E-state index is 0.00741. The maximum absolute atomic E-state index is 12.6. The lowest BCUT2D eigenvalue weighted by Crippen LogP contribution is -2.42. The zero-order valence-corrected chi connectivity index (χ0v) is 11.1. The number of piperidine rings is 1. The van der Waals surface area contributed by atoms with Crippen molar-refractivity contribution in [2.45, 2.75) is 25.6 Å². The molecule has 1 amide bonds. The summed E-state index contributed by atoms with van der Waals surface area (Å²) >= 11 is 0. The van der Waals surface area contributed by atoms with Gasteiger partial charge in [0.2, 0.25) is 5.91 Å². The van der Waals surface area contributed by atoms with Crippen LogP contribution in [0.15, 0.2) is 24.3 Å². The van der Waals surface area contributed by atoms with Crippen LogP contribution in [0, 0.1) is 5.92 Å². The molecular weight excluding hydrogens is 287 g/mol. The van der Waals surface area contributed by atoms with Crippen LogP contribution in [0.25, 0.3) is 0 Å². The molecule has 0 unspecified atom stereocenters. The lowest BCUT2D eigenvalue weighted by molar-refractivity contribution is -0.147. The average molecular weight is 301 g/mol. The summed E-state index contributed by atoms with van der Waals surface area (Å²) in [4.78, 5) is 24.0. The molecule has 0 saturated carbocycles. The lowest BCUT2D eigenvalue weighted by atomic mass is 9.97. The van der Waals surface area contributed by atoms with E-state index in [0.717, 1.165) is 12.1 Å². The van der Waals surface area contributed by atoms with Crippen molar-refractivity contribution >= 4 is 11.9 Å². The van der Waals surface area contributed by atoms with Gasteiger partial charge in [-0.3, -0.25) is 9.59 Å². The Kier molecular flexibility index (Phi) is 4.20. The third-order valence-electron chi connectivity index (χ3n) is 3.48. The highest BCUT2D eigenvalue weighted by atomic mass is 19.4. The minimum Gasteiger partial charge on any atom is -0.481 e. The Balaban J connectivity index is 2.13. The molecule has 114 valence electrons. The van der Waals surface area contributed by atoms with Gasteiger partial charge >= 0.3 is 12.1 Å².